The van der Waals surface area contributed by atoms with E-state index in [-0.39, 0.29) is 12.3 Å². The molecule has 0 bridgehead atoms. The number of aromatic nitrogens is 1. The quantitative estimate of drug-likeness (QED) is 0.632. The fourth-order valence-corrected chi connectivity index (χ4v) is 2.06. The molecule has 2 N–H and O–H groups in total. The molecule has 0 atom stereocenters. The van der Waals surface area contributed by atoms with Crippen LogP contribution in [0.3, 0.4) is 0 Å². The van der Waals surface area contributed by atoms with Gasteiger partial charge in [-0.05, 0) is 20.0 Å². The zero-order valence-corrected chi connectivity index (χ0v) is 9.38. The topological polar surface area (TPSA) is 84.2 Å². The van der Waals surface area contributed by atoms with Crippen LogP contribution in [0.2, 0.25) is 0 Å². The SMILES string of the molecule is CNCCCS(=O)(=O)NCc1ccno1. The monoisotopic (exact) mass is 233 g/mol. The van der Waals surface area contributed by atoms with Gasteiger partial charge in [0, 0.05) is 6.07 Å². The summed E-state index contributed by atoms with van der Waals surface area (Å²) in [5.41, 5.74) is 0. The fourth-order valence-electron chi connectivity index (χ4n) is 1.03. The molecular weight excluding hydrogens is 218 g/mol. The van der Waals surface area contributed by atoms with Crippen molar-refractivity contribution in [2.45, 2.75) is 13.0 Å². The minimum Gasteiger partial charge on any atom is -0.360 e. The first kappa shape index (κ1) is 12.2. The Morgan fingerprint density at radius 1 is 1.53 bits per heavy atom. The van der Waals surface area contributed by atoms with Crippen molar-refractivity contribution in [2.75, 3.05) is 19.3 Å². The molecule has 0 amide bonds. The average molecular weight is 233 g/mol. The zero-order chi connectivity index (χ0) is 11.1. The zero-order valence-electron chi connectivity index (χ0n) is 8.56. The highest BCUT2D eigenvalue weighted by molar-refractivity contribution is 7.89. The summed E-state index contributed by atoms with van der Waals surface area (Å²) in [7, 11) is -1.42. The maximum atomic E-state index is 11.4. The van der Waals surface area contributed by atoms with Gasteiger partial charge in [0.25, 0.3) is 0 Å². The lowest BCUT2D eigenvalue weighted by molar-refractivity contribution is 0.380. The molecule has 1 rings (SSSR count). The molecule has 1 aromatic rings. The van der Waals surface area contributed by atoms with Crippen LogP contribution in [-0.2, 0) is 16.6 Å². The molecule has 0 aromatic carbocycles. The number of rotatable bonds is 7. The lowest BCUT2D eigenvalue weighted by atomic mass is 10.5. The summed E-state index contributed by atoms with van der Waals surface area (Å²) in [4.78, 5) is 0. The van der Waals surface area contributed by atoms with Crippen molar-refractivity contribution < 1.29 is 12.9 Å². The average Bonchev–Trinajstić information content (AvgIpc) is 2.68. The van der Waals surface area contributed by atoms with Crippen LogP contribution in [0.5, 0.6) is 0 Å². The normalized spacial score (nSPS) is 11.8. The molecule has 0 unspecified atom stereocenters. The minimum absolute atomic E-state index is 0.113. The molecule has 1 heterocycles. The third-order valence-electron chi connectivity index (χ3n) is 1.80. The maximum absolute atomic E-state index is 11.4. The van der Waals surface area contributed by atoms with Crippen molar-refractivity contribution >= 4 is 10.0 Å². The Morgan fingerprint density at radius 3 is 2.93 bits per heavy atom. The van der Waals surface area contributed by atoms with Gasteiger partial charge >= 0.3 is 0 Å². The Morgan fingerprint density at radius 2 is 2.33 bits per heavy atom. The van der Waals surface area contributed by atoms with Crippen molar-refractivity contribution in [3.8, 4) is 0 Å². The van der Waals surface area contributed by atoms with E-state index in [4.69, 9.17) is 4.52 Å². The fraction of sp³-hybridized carbons (Fsp3) is 0.625. The van der Waals surface area contributed by atoms with E-state index in [9.17, 15) is 8.42 Å². The van der Waals surface area contributed by atoms with Gasteiger partial charge in [0.2, 0.25) is 10.0 Å². The van der Waals surface area contributed by atoms with E-state index < -0.39 is 10.0 Å². The van der Waals surface area contributed by atoms with Crippen LogP contribution in [0.4, 0.5) is 0 Å². The van der Waals surface area contributed by atoms with E-state index in [0.717, 1.165) is 0 Å². The molecule has 0 spiro atoms. The minimum atomic E-state index is -3.21. The van der Waals surface area contributed by atoms with E-state index in [0.29, 0.717) is 18.7 Å². The first-order valence-electron chi connectivity index (χ1n) is 4.65. The van der Waals surface area contributed by atoms with Gasteiger partial charge < -0.3 is 9.84 Å². The highest BCUT2D eigenvalue weighted by atomic mass is 32.2. The van der Waals surface area contributed by atoms with Crippen LogP contribution in [0.25, 0.3) is 0 Å². The van der Waals surface area contributed by atoms with Crippen molar-refractivity contribution in [2.24, 2.45) is 0 Å². The second kappa shape index (κ2) is 5.84. The van der Waals surface area contributed by atoms with Crippen LogP contribution in [0.1, 0.15) is 12.2 Å². The Hall–Kier alpha value is -0.920. The molecule has 1 aromatic heterocycles. The second-order valence-electron chi connectivity index (χ2n) is 3.08. The summed E-state index contributed by atoms with van der Waals surface area (Å²) >= 11 is 0. The first-order chi connectivity index (χ1) is 7.14. The molecule has 6 nitrogen and oxygen atoms in total. The summed E-state index contributed by atoms with van der Waals surface area (Å²) < 4.78 is 30.0. The van der Waals surface area contributed by atoms with E-state index in [2.05, 4.69) is 15.2 Å². The number of sulfonamides is 1. The van der Waals surface area contributed by atoms with Gasteiger partial charge in [0.15, 0.2) is 5.76 Å². The number of hydrogen-bond donors (Lipinski definition) is 2. The van der Waals surface area contributed by atoms with Crippen LogP contribution >= 0.6 is 0 Å². The highest BCUT2D eigenvalue weighted by Crippen LogP contribution is 1.97. The van der Waals surface area contributed by atoms with E-state index >= 15 is 0 Å². The standard InChI is InChI=1S/C8H15N3O3S/c1-9-4-2-6-15(12,13)11-7-8-3-5-10-14-8/h3,5,9,11H,2,4,6-7H2,1H3. The van der Waals surface area contributed by atoms with Gasteiger partial charge in [0.1, 0.15) is 0 Å². The molecular formula is C8H15N3O3S. The molecule has 0 fully saturated rings. The number of nitrogens with one attached hydrogen (secondary N) is 2. The van der Waals surface area contributed by atoms with E-state index in [1.54, 1.807) is 13.1 Å². The smallest absolute Gasteiger partial charge is 0.212 e. The Balaban J connectivity index is 2.30. The van der Waals surface area contributed by atoms with Gasteiger partial charge in [-0.25, -0.2) is 13.1 Å². The van der Waals surface area contributed by atoms with Gasteiger partial charge in [-0.2, -0.15) is 0 Å². The van der Waals surface area contributed by atoms with E-state index in [1.165, 1.54) is 6.20 Å². The number of nitrogens with zero attached hydrogens (tertiary/aromatic N) is 1. The van der Waals surface area contributed by atoms with Crippen molar-refractivity contribution in [1.29, 1.82) is 0 Å². The predicted molar refractivity (Wildman–Crippen MR) is 55.7 cm³/mol. The first-order valence-corrected chi connectivity index (χ1v) is 6.31. The largest absolute Gasteiger partial charge is 0.360 e. The van der Waals surface area contributed by atoms with Gasteiger partial charge in [-0.15, -0.1) is 0 Å². The van der Waals surface area contributed by atoms with Crippen molar-refractivity contribution in [1.82, 2.24) is 15.2 Å². The summed E-state index contributed by atoms with van der Waals surface area (Å²) in [5, 5.41) is 6.37. The Bertz CT molecular complexity index is 360. The molecule has 15 heavy (non-hydrogen) atoms. The van der Waals surface area contributed by atoms with Crippen LogP contribution < -0.4 is 10.0 Å². The summed E-state index contributed by atoms with van der Waals surface area (Å²) in [5.74, 6) is 0.620. The molecule has 0 radical (unpaired) electrons. The molecule has 0 aliphatic rings. The summed E-state index contributed by atoms with van der Waals surface area (Å²) in [6.07, 6.45) is 2.06. The Labute approximate surface area is 89.1 Å². The van der Waals surface area contributed by atoms with Crippen LogP contribution in [0, 0.1) is 0 Å². The Kier molecular flexibility index (Phi) is 4.73. The third-order valence-corrected chi connectivity index (χ3v) is 3.21. The maximum Gasteiger partial charge on any atom is 0.212 e. The van der Waals surface area contributed by atoms with Crippen molar-refractivity contribution in [3.05, 3.63) is 18.0 Å². The molecule has 0 aliphatic heterocycles. The van der Waals surface area contributed by atoms with Gasteiger partial charge in [0.05, 0.1) is 18.5 Å². The predicted octanol–water partition coefficient (Wildman–Crippen LogP) is -0.296. The second-order valence-corrected chi connectivity index (χ2v) is 5.00. The molecule has 0 saturated carbocycles. The van der Waals surface area contributed by atoms with Crippen molar-refractivity contribution in [3.63, 3.8) is 0 Å². The van der Waals surface area contributed by atoms with Crippen LogP contribution in [-0.4, -0.2) is 32.9 Å². The summed E-state index contributed by atoms with van der Waals surface area (Å²) in [6, 6.07) is 1.62. The van der Waals surface area contributed by atoms with Gasteiger partial charge in [-0.3, -0.25) is 0 Å². The lowest BCUT2D eigenvalue weighted by Gasteiger charge is -2.04. The molecule has 0 aliphatic carbocycles. The third kappa shape index (κ3) is 4.91. The molecule has 0 saturated heterocycles. The highest BCUT2D eigenvalue weighted by Gasteiger charge is 2.10. The van der Waals surface area contributed by atoms with Crippen LogP contribution in [0.15, 0.2) is 16.8 Å². The lowest BCUT2D eigenvalue weighted by Crippen LogP contribution is -2.27. The molecule has 86 valence electrons. The molecule has 7 heteroatoms. The summed E-state index contributed by atoms with van der Waals surface area (Å²) in [6.45, 7) is 0.838. The van der Waals surface area contributed by atoms with Gasteiger partial charge in [-0.1, -0.05) is 5.16 Å². The number of hydrogen-bond acceptors (Lipinski definition) is 5. The van der Waals surface area contributed by atoms with E-state index in [1.807, 2.05) is 0 Å².